The second-order valence-electron chi connectivity index (χ2n) is 8.70. The molecule has 0 saturated carbocycles. The number of nitrogens with zero attached hydrogens (tertiary/aromatic N) is 5. The summed E-state index contributed by atoms with van der Waals surface area (Å²) in [6, 6.07) is 4.26. The average molecular weight is 498 g/mol. The van der Waals surface area contributed by atoms with Gasteiger partial charge in [-0.2, -0.15) is 4.31 Å². The molecule has 10 nitrogen and oxygen atoms in total. The Bertz CT molecular complexity index is 1060. The highest BCUT2D eigenvalue weighted by Crippen LogP contribution is 2.21. The molecule has 12 heteroatoms. The van der Waals surface area contributed by atoms with Crippen LogP contribution in [0.15, 0.2) is 35.4 Å². The van der Waals surface area contributed by atoms with E-state index in [0.717, 1.165) is 17.8 Å². The molecule has 0 unspecified atom stereocenters. The van der Waals surface area contributed by atoms with Gasteiger partial charge in [0.2, 0.25) is 15.9 Å². The molecule has 1 aliphatic heterocycles. The lowest BCUT2D eigenvalue weighted by molar-refractivity contribution is -0.136. The Balaban J connectivity index is 1.86. The van der Waals surface area contributed by atoms with E-state index in [-0.39, 0.29) is 42.5 Å². The van der Waals surface area contributed by atoms with Crippen molar-refractivity contribution in [3.05, 3.63) is 42.0 Å². The highest BCUT2D eigenvalue weighted by molar-refractivity contribution is 7.89. The molecule has 0 radical (unpaired) electrons. The number of likely N-dealkylation sites (N-methyl/N-ethyl adjacent to an activating group) is 1. The number of aromatic nitrogens is 3. The van der Waals surface area contributed by atoms with Crippen molar-refractivity contribution in [2.45, 2.75) is 56.9 Å². The van der Waals surface area contributed by atoms with Crippen molar-refractivity contribution in [3.8, 4) is 0 Å². The maximum absolute atomic E-state index is 13.3. The number of fused-ring (bicyclic) bond motifs is 1. The second kappa shape index (κ2) is 11.3. The molecular formula is C22H32FN5O5S. The summed E-state index contributed by atoms with van der Waals surface area (Å²) in [5, 5.41) is 17.7. The number of carbonyl (C=O) groups is 1. The molecule has 0 fully saturated rings. The number of rotatable bonds is 6. The summed E-state index contributed by atoms with van der Waals surface area (Å²) < 4.78 is 48.4. The van der Waals surface area contributed by atoms with Crippen molar-refractivity contribution in [2.75, 3.05) is 26.7 Å². The van der Waals surface area contributed by atoms with Crippen molar-refractivity contribution in [3.63, 3.8) is 0 Å². The molecule has 0 bridgehead atoms. The van der Waals surface area contributed by atoms with Crippen LogP contribution in [-0.2, 0) is 32.7 Å². The summed E-state index contributed by atoms with van der Waals surface area (Å²) in [4.78, 5) is 14.5. The van der Waals surface area contributed by atoms with Gasteiger partial charge in [-0.3, -0.25) is 4.79 Å². The molecule has 3 rings (SSSR count). The molecule has 2 aromatic rings. The van der Waals surface area contributed by atoms with Gasteiger partial charge in [0.05, 0.1) is 42.1 Å². The molecule has 1 aliphatic rings. The van der Waals surface area contributed by atoms with Crippen molar-refractivity contribution in [2.24, 2.45) is 5.92 Å². The molecule has 1 aromatic heterocycles. The summed E-state index contributed by atoms with van der Waals surface area (Å²) in [6.07, 6.45) is 1.87. The smallest absolute Gasteiger partial charge is 0.242 e. The Morgan fingerprint density at radius 3 is 2.71 bits per heavy atom. The number of sulfonamides is 1. The number of aliphatic hydroxyl groups excluding tert-OH is 1. The van der Waals surface area contributed by atoms with Gasteiger partial charge >= 0.3 is 0 Å². The molecule has 3 atom stereocenters. The first-order valence-corrected chi connectivity index (χ1v) is 12.7. The minimum absolute atomic E-state index is 0.0119. The van der Waals surface area contributed by atoms with E-state index in [9.17, 15) is 22.7 Å². The standard InChI is InChI=1S/C22H32FN5O5S/c1-16-12-27(17(2)14-29)22(30)5-4-10-28-19(11-24-25-28)15-33-21(16)13-26(3)34(31,32)20-8-6-18(23)7-9-20/h6-9,11,16-17,21,29H,4-5,10,12-15H2,1-3H3/t16-,17+,21+/m1/s1. The summed E-state index contributed by atoms with van der Waals surface area (Å²) in [5.74, 6) is -0.875. The molecule has 1 aromatic carbocycles. The van der Waals surface area contributed by atoms with Gasteiger partial charge in [-0.05, 0) is 37.6 Å². The van der Waals surface area contributed by atoms with Crippen molar-refractivity contribution in [1.29, 1.82) is 0 Å². The van der Waals surface area contributed by atoms with Gasteiger partial charge in [0.25, 0.3) is 0 Å². The van der Waals surface area contributed by atoms with Crippen LogP contribution >= 0.6 is 0 Å². The quantitative estimate of drug-likeness (QED) is 0.638. The Kier molecular flexibility index (Phi) is 8.74. The first-order chi connectivity index (χ1) is 16.1. The number of hydrogen-bond donors (Lipinski definition) is 1. The summed E-state index contributed by atoms with van der Waals surface area (Å²) in [7, 11) is -2.45. The Hall–Kier alpha value is -2.41. The first-order valence-electron chi connectivity index (χ1n) is 11.2. The predicted molar refractivity (Wildman–Crippen MR) is 121 cm³/mol. The van der Waals surface area contributed by atoms with E-state index in [0.29, 0.717) is 25.9 Å². The number of carbonyl (C=O) groups excluding carboxylic acids is 1. The zero-order valence-electron chi connectivity index (χ0n) is 19.7. The number of benzene rings is 1. The van der Waals surface area contributed by atoms with E-state index in [4.69, 9.17) is 4.74 Å². The van der Waals surface area contributed by atoms with E-state index in [1.54, 1.807) is 22.7 Å². The van der Waals surface area contributed by atoms with E-state index in [1.807, 2.05) is 6.92 Å². The Morgan fingerprint density at radius 1 is 1.32 bits per heavy atom. The Morgan fingerprint density at radius 2 is 2.03 bits per heavy atom. The number of amides is 1. The summed E-state index contributed by atoms with van der Waals surface area (Å²) in [5.41, 5.74) is 0.731. The maximum atomic E-state index is 13.3. The fourth-order valence-electron chi connectivity index (χ4n) is 3.88. The fourth-order valence-corrected chi connectivity index (χ4v) is 5.07. The van der Waals surface area contributed by atoms with E-state index >= 15 is 0 Å². The van der Waals surface area contributed by atoms with Crippen LogP contribution < -0.4 is 0 Å². The number of hydrogen-bond acceptors (Lipinski definition) is 7. The number of aliphatic hydroxyl groups is 1. The molecule has 0 spiro atoms. The van der Waals surface area contributed by atoms with Crippen molar-refractivity contribution in [1.82, 2.24) is 24.2 Å². The topological polar surface area (TPSA) is 118 Å². The van der Waals surface area contributed by atoms with Gasteiger partial charge in [-0.1, -0.05) is 12.1 Å². The minimum atomic E-state index is -3.89. The van der Waals surface area contributed by atoms with Gasteiger partial charge in [-0.25, -0.2) is 17.5 Å². The van der Waals surface area contributed by atoms with Gasteiger partial charge in [0.15, 0.2) is 0 Å². The monoisotopic (exact) mass is 497 g/mol. The molecule has 1 amide bonds. The zero-order chi connectivity index (χ0) is 24.9. The van der Waals surface area contributed by atoms with Crippen molar-refractivity contribution < 1.29 is 27.4 Å². The molecular weight excluding hydrogens is 465 g/mol. The maximum Gasteiger partial charge on any atom is 0.242 e. The van der Waals surface area contributed by atoms with Crippen LogP contribution in [0.5, 0.6) is 0 Å². The Labute approximate surface area is 199 Å². The van der Waals surface area contributed by atoms with Gasteiger partial charge < -0.3 is 14.7 Å². The van der Waals surface area contributed by atoms with Crippen LogP contribution in [0.3, 0.4) is 0 Å². The first kappa shape index (κ1) is 26.2. The van der Waals surface area contributed by atoms with Crippen LogP contribution in [0.4, 0.5) is 4.39 Å². The number of ether oxygens (including phenoxy) is 1. The molecule has 1 N–H and O–H groups in total. The lowest BCUT2D eigenvalue weighted by Crippen LogP contribution is -2.47. The largest absolute Gasteiger partial charge is 0.394 e. The number of aryl methyl sites for hydroxylation is 1. The minimum Gasteiger partial charge on any atom is -0.394 e. The number of halogens is 1. The van der Waals surface area contributed by atoms with Crippen LogP contribution in [0.1, 0.15) is 32.4 Å². The highest BCUT2D eigenvalue weighted by atomic mass is 32.2. The third kappa shape index (κ3) is 6.17. The highest BCUT2D eigenvalue weighted by Gasteiger charge is 2.31. The predicted octanol–water partition coefficient (Wildman–Crippen LogP) is 1.26. The lowest BCUT2D eigenvalue weighted by Gasteiger charge is -2.35. The van der Waals surface area contributed by atoms with Crippen molar-refractivity contribution >= 4 is 15.9 Å². The van der Waals surface area contributed by atoms with Crippen LogP contribution in [-0.4, -0.2) is 82.5 Å². The van der Waals surface area contributed by atoms with Gasteiger partial charge in [0, 0.05) is 39.0 Å². The zero-order valence-corrected chi connectivity index (χ0v) is 20.5. The van der Waals surface area contributed by atoms with Gasteiger partial charge in [-0.15, -0.1) is 5.10 Å². The van der Waals surface area contributed by atoms with Crippen LogP contribution in [0.2, 0.25) is 0 Å². The van der Waals surface area contributed by atoms with E-state index in [2.05, 4.69) is 10.3 Å². The molecule has 188 valence electrons. The SMILES string of the molecule is C[C@@H]1CN([C@@H](C)CO)C(=O)CCCn2nncc2CO[C@H]1CN(C)S(=O)(=O)c1ccc(F)cc1. The average Bonchev–Trinajstić information content (AvgIpc) is 3.25. The van der Waals surface area contributed by atoms with Crippen LogP contribution in [0, 0.1) is 11.7 Å². The molecule has 2 heterocycles. The second-order valence-corrected chi connectivity index (χ2v) is 10.7. The van der Waals surface area contributed by atoms with E-state index < -0.39 is 21.9 Å². The third-order valence-electron chi connectivity index (χ3n) is 6.10. The lowest BCUT2D eigenvalue weighted by atomic mass is 10.0. The van der Waals surface area contributed by atoms with Crippen LogP contribution in [0.25, 0.3) is 0 Å². The summed E-state index contributed by atoms with van der Waals surface area (Å²) in [6.45, 7) is 4.45. The van der Waals surface area contributed by atoms with Gasteiger partial charge in [0.1, 0.15) is 5.82 Å². The molecule has 34 heavy (non-hydrogen) atoms. The molecule has 0 saturated heterocycles. The fraction of sp³-hybridized carbons (Fsp3) is 0.591. The molecule has 0 aliphatic carbocycles. The third-order valence-corrected chi connectivity index (χ3v) is 7.94. The van der Waals surface area contributed by atoms with E-state index in [1.165, 1.54) is 23.5 Å². The normalized spacial score (nSPS) is 21.6. The summed E-state index contributed by atoms with van der Waals surface area (Å²) >= 11 is 0.